The lowest BCUT2D eigenvalue weighted by atomic mass is 10.0. The van der Waals surface area contributed by atoms with E-state index in [1.54, 1.807) is 18.2 Å². The highest BCUT2D eigenvalue weighted by atomic mass is 35.5. The summed E-state index contributed by atoms with van der Waals surface area (Å²) in [6.45, 7) is 4.77. The van der Waals surface area contributed by atoms with Gasteiger partial charge in [0.1, 0.15) is 5.70 Å². The Balaban J connectivity index is 1.95. The molecule has 0 saturated carbocycles. The summed E-state index contributed by atoms with van der Waals surface area (Å²) >= 11 is 12.4. The number of rotatable bonds is 7. The number of amides is 2. The Labute approximate surface area is 169 Å². The number of imide groups is 1. The van der Waals surface area contributed by atoms with Gasteiger partial charge in [0, 0.05) is 30.2 Å². The SMILES string of the molecule is CCCCCCN1C(=O)C(c2ccc(Cl)cc2Cl)=C(N2CCOCC2)C1=O. The molecule has 2 amide bonds. The van der Waals surface area contributed by atoms with Crippen LogP contribution < -0.4 is 0 Å². The third-order valence-corrected chi connectivity index (χ3v) is 5.45. The summed E-state index contributed by atoms with van der Waals surface area (Å²) in [5.74, 6) is -0.512. The van der Waals surface area contributed by atoms with Crippen LogP contribution in [0.3, 0.4) is 0 Å². The number of ether oxygens (including phenoxy) is 1. The van der Waals surface area contributed by atoms with Gasteiger partial charge in [-0.2, -0.15) is 0 Å². The lowest BCUT2D eigenvalue weighted by Crippen LogP contribution is -2.40. The fourth-order valence-electron chi connectivity index (χ4n) is 3.48. The van der Waals surface area contributed by atoms with Gasteiger partial charge in [-0.1, -0.05) is 55.5 Å². The maximum absolute atomic E-state index is 13.2. The summed E-state index contributed by atoms with van der Waals surface area (Å²) in [4.78, 5) is 29.6. The van der Waals surface area contributed by atoms with Crippen LogP contribution in [0.2, 0.25) is 10.0 Å². The van der Waals surface area contributed by atoms with Crippen LogP contribution in [0, 0.1) is 0 Å². The Hall–Kier alpha value is -1.56. The Morgan fingerprint density at radius 2 is 1.78 bits per heavy atom. The van der Waals surface area contributed by atoms with E-state index in [1.807, 2.05) is 4.90 Å². The number of benzene rings is 1. The van der Waals surface area contributed by atoms with Gasteiger partial charge in [-0.15, -0.1) is 0 Å². The zero-order valence-corrected chi connectivity index (χ0v) is 17.0. The molecular weight excluding hydrogens is 387 g/mol. The van der Waals surface area contributed by atoms with Crippen molar-refractivity contribution in [3.8, 4) is 0 Å². The lowest BCUT2D eigenvalue weighted by molar-refractivity contribution is -0.137. The second kappa shape index (κ2) is 9.09. The number of nitrogens with zero attached hydrogens (tertiary/aromatic N) is 2. The smallest absolute Gasteiger partial charge is 0.277 e. The second-order valence-corrected chi connectivity index (χ2v) is 7.61. The molecule has 1 saturated heterocycles. The van der Waals surface area contributed by atoms with E-state index in [1.165, 1.54) is 4.90 Å². The van der Waals surface area contributed by atoms with Crippen molar-refractivity contribution < 1.29 is 14.3 Å². The second-order valence-electron chi connectivity index (χ2n) is 6.77. The molecule has 0 radical (unpaired) electrons. The number of hydrogen-bond donors (Lipinski definition) is 0. The molecular formula is C20H24Cl2N2O3. The molecule has 0 bridgehead atoms. The van der Waals surface area contributed by atoms with Crippen LogP contribution in [0.15, 0.2) is 23.9 Å². The number of hydrogen-bond acceptors (Lipinski definition) is 4. The van der Waals surface area contributed by atoms with Crippen LogP contribution in [-0.4, -0.2) is 54.5 Å². The number of carbonyl (C=O) groups is 2. The zero-order valence-electron chi connectivity index (χ0n) is 15.5. The summed E-state index contributed by atoms with van der Waals surface area (Å²) in [7, 11) is 0. The lowest BCUT2D eigenvalue weighted by Gasteiger charge is -2.29. The highest BCUT2D eigenvalue weighted by molar-refractivity contribution is 6.41. The van der Waals surface area contributed by atoms with E-state index in [2.05, 4.69) is 6.92 Å². The molecule has 27 heavy (non-hydrogen) atoms. The van der Waals surface area contributed by atoms with Crippen molar-refractivity contribution in [2.45, 2.75) is 32.6 Å². The fraction of sp³-hybridized carbons (Fsp3) is 0.500. The number of halogens is 2. The number of unbranched alkanes of at least 4 members (excludes halogenated alkanes) is 3. The normalized spacial score (nSPS) is 18.0. The zero-order chi connectivity index (χ0) is 19.4. The van der Waals surface area contributed by atoms with Crippen molar-refractivity contribution in [2.75, 3.05) is 32.8 Å². The summed E-state index contributed by atoms with van der Waals surface area (Å²) in [6.07, 6.45) is 4.00. The predicted molar refractivity (Wildman–Crippen MR) is 107 cm³/mol. The Morgan fingerprint density at radius 1 is 1.04 bits per heavy atom. The third-order valence-electron chi connectivity index (χ3n) is 4.91. The van der Waals surface area contributed by atoms with Gasteiger partial charge in [0.15, 0.2) is 0 Å². The molecule has 7 heteroatoms. The summed E-state index contributed by atoms with van der Waals surface area (Å²) in [5, 5.41) is 0.864. The minimum Gasteiger partial charge on any atom is -0.378 e. The highest BCUT2D eigenvalue weighted by Gasteiger charge is 2.42. The summed E-state index contributed by atoms with van der Waals surface area (Å²) < 4.78 is 5.40. The van der Waals surface area contributed by atoms with E-state index in [0.717, 1.165) is 25.7 Å². The van der Waals surface area contributed by atoms with Crippen molar-refractivity contribution in [1.29, 1.82) is 0 Å². The molecule has 1 aromatic rings. The van der Waals surface area contributed by atoms with Gasteiger partial charge >= 0.3 is 0 Å². The standard InChI is InChI=1S/C20H24Cl2N2O3/c1-2-3-4-5-8-24-19(25)17(15-7-6-14(21)13-16(15)22)18(20(24)26)23-9-11-27-12-10-23/h6-7,13H,2-5,8-12H2,1H3. The summed E-state index contributed by atoms with van der Waals surface area (Å²) in [6, 6.07) is 5.00. The first-order valence-electron chi connectivity index (χ1n) is 9.43. The van der Waals surface area contributed by atoms with E-state index in [9.17, 15) is 9.59 Å². The topological polar surface area (TPSA) is 49.9 Å². The van der Waals surface area contributed by atoms with Gasteiger partial charge in [-0.3, -0.25) is 14.5 Å². The highest BCUT2D eigenvalue weighted by Crippen LogP contribution is 2.36. The molecule has 1 aromatic carbocycles. The van der Waals surface area contributed by atoms with Crippen molar-refractivity contribution in [3.05, 3.63) is 39.5 Å². The minimum absolute atomic E-state index is 0.237. The van der Waals surface area contributed by atoms with Crippen LogP contribution in [0.1, 0.15) is 38.2 Å². The average Bonchev–Trinajstić information content (AvgIpc) is 2.90. The molecule has 146 valence electrons. The van der Waals surface area contributed by atoms with Crippen LogP contribution in [0.4, 0.5) is 0 Å². The molecule has 0 N–H and O–H groups in total. The molecule has 1 fully saturated rings. The van der Waals surface area contributed by atoms with Gasteiger partial charge < -0.3 is 9.64 Å². The summed E-state index contributed by atoms with van der Waals surface area (Å²) in [5.41, 5.74) is 1.36. The maximum atomic E-state index is 13.2. The Kier molecular flexibility index (Phi) is 6.79. The molecule has 0 spiro atoms. The van der Waals surface area contributed by atoms with E-state index < -0.39 is 0 Å². The molecule has 0 atom stereocenters. The van der Waals surface area contributed by atoms with Gasteiger partial charge in [-0.25, -0.2) is 0 Å². The Morgan fingerprint density at radius 3 is 2.44 bits per heavy atom. The van der Waals surface area contributed by atoms with E-state index >= 15 is 0 Å². The molecule has 0 aromatic heterocycles. The van der Waals surface area contributed by atoms with Gasteiger partial charge in [0.05, 0.1) is 23.8 Å². The monoisotopic (exact) mass is 410 g/mol. The largest absolute Gasteiger partial charge is 0.378 e. The van der Waals surface area contributed by atoms with Crippen LogP contribution in [0.25, 0.3) is 5.57 Å². The number of morpholine rings is 1. The van der Waals surface area contributed by atoms with Gasteiger partial charge in [0.2, 0.25) is 0 Å². The molecule has 5 nitrogen and oxygen atoms in total. The first kappa shape index (κ1) is 20.2. The fourth-order valence-corrected chi connectivity index (χ4v) is 3.98. The van der Waals surface area contributed by atoms with Gasteiger partial charge in [0.25, 0.3) is 11.8 Å². The first-order chi connectivity index (χ1) is 13.0. The predicted octanol–water partition coefficient (Wildman–Crippen LogP) is 3.99. The van der Waals surface area contributed by atoms with E-state index in [4.69, 9.17) is 27.9 Å². The van der Waals surface area contributed by atoms with Crippen LogP contribution in [-0.2, 0) is 14.3 Å². The maximum Gasteiger partial charge on any atom is 0.277 e. The minimum atomic E-state index is -0.276. The first-order valence-corrected chi connectivity index (χ1v) is 10.2. The molecule has 2 aliphatic heterocycles. The van der Waals surface area contributed by atoms with Crippen molar-refractivity contribution in [3.63, 3.8) is 0 Å². The van der Waals surface area contributed by atoms with Crippen molar-refractivity contribution >= 4 is 40.6 Å². The van der Waals surface area contributed by atoms with E-state index in [-0.39, 0.29) is 11.8 Å². The molecule has 3 rings (SSSR count). The molecule has 2 heterocycles. The van der Waals surface area contributed by atoms with Crippen molar-refractivity contribution in [1.82, 2.24) is 9.80 Å². The quantitative estimate of drug-likeness (QED) is 0.503. The molecule has 2 aliphatic rings. The number of carbonyl (C=O) groups excluding carboxylic acids is 2. The molecule has 0 unspecified atom stereocenters. The van der Waals surface area contributed by atoms with Crippen LogP contribution in [0.5, 0.6) is 0 Å². The third kappa shape index (κ3) is 4.31. The average molecular weight is 411 g/mol. The van der Waals surface area contributed by atoms with Crippen molar-refractivity contribution in [2.24, 2.45) is 0 Å². The van der Waals surface area contributed by atoms with Gasteiger partial charge in [-0.05, 0) is 18.6 Å². The van der Waals surface area contributed by atoms with Crippen LogP contribution >= 0.6 is 23.2 Å². The Bertz CT molecular complexity index is 758. The van der Waals surface area contributed by atoms with E-state index in [0.29, 0.717) is 59.7 Å². The molecule has 0 aliphatic carbocycles.